The standard InChI is InChI=1S/C14H21FN2/c1-10(11-5-3-2-4-6-11)17-14-8-7-12(16)9-13(14)15/h7-11,17H,2-6,16H2,1H3. The van der Waals surface area contributed by atoms with Gasteiger partial charge in [-0.3, -0.25) is 0 Å². The minimum absolute atomic E-state index is 0.257. The van der Waals surface area contributed by atoms with Crippen LogP contribution in [0.4, 0.5) is 15.8 Å². The molecule has 1 aromatic rings. The highest BCUT2D eigenvalue weighted by atomic mass is 19.1. The van der Waals surface area contributed by atoms with Crippen LogP contribution < -0.4 is 11.1 Å². The van der Waals surface area contributed by atoms with Crippen molar-refractivity contribution >= 4 is 11.4 Å². The molecule has 1 fully saturated rings. The number of benzene rings is 1. The van der Waals surface area contributed by atoms with Gasteiger partial charge in [-0.05, 0) is 43.9 Å². The van der Waals surface area contributed by atoms with Gasteiger partial charge in [-0.2, -0.15) is 0 Å². The first-order chi connectivity index (χ1) is 8.16. The van der Waals surface area contributed by atoms with Crippen LogP contribution in [0.2, 0.25) is 0 Å². The van der Waals surface area contributed by atoms with Gasteiger partial charge in [0.2, 0.25) is 0 Å². The number of hydrogen-bond acceptors (Lipinski definition) is 2. The fourth-order valence-electron chi connectivity index (χ4n) is 2.65. The lowest BCUT2D eigenvalue weighted by atomic mass is 9.84. The van der Waals surface area contributed by atoms with Crippen LogP contribution in [0.25, 0.3) is 0 Å². The molecular formula is C14H21FN2. The van der Waals surface area contributed by atoms with Crippen LogP contribution in [0.1, 0.15) is 39.0 Å². The third kappa shape index (κ3) is 3.11. The summed E-state index contributed by atoms with van der Waals surface area (Å²) in [5, 5.41) is 3.28. The fraction of sp³-hybridized carbons (Fsp3) is 0.571. The lowest BCUT2D eigenvalue weighted by Crippen LogP contribution is -2.28. The molecular weight excluding hydrogens is 215 g/mol. The van der Waals surface area contributed by atoms with Crippen molar-refractivity contribution in [2.45, 2.75) is 45.1 Å². The molecule has 2 rings (SSSR count). The maximum atomic E-state index is 13.6. The smallest absolute Gasteiger partial charge is 0.148 e. The Hall–Kier alpha value is -1.25. The molecule has 0 spiro atoms. The minimum Gasteiger partial charge on any atom is -0.399 e. The molecule has 1 unspecified atom stereocenters. The summed E-state index contributed by atoms with van der Waals surface area (Å²) >= 11 is 0. The van der Waals surface area contributed by atoms with Crippen LogP contribution >= 0.6 is 0 Å². The van der Waals surface area contributed by atoms with Crippen LogP contribution in [-0.2, 0) is 0 Å². The van der Waals surface area contributed by atoms with Gasteiger partial charge in [0.1, 0.15) is 5.82 Å². The van der Waals surface area contributed by atoms with Crippen LogP contribution in [0.3, 0.4) is 0 Å². The Bertz CT molecular complexity index is 372. The summed E-state index contributed by atoms with van der Waals surface area (Å²) in [6.07, 6.45) is 6.47. The van der Waals surface area contributed by atoms with E-state index in [0.29, 0.717) is 23.3 Å². The SMILES string of the molecule is CC(Nc1ccc(N)cc1F)C1CCCCC1. The normalized spacial score (nSPS) is 18.9. The van der Waals surface area contributed by atoms with Gasteiger partial charge in [-0.15, -0.1) is 0 Å². The van der Waals surface area contributed by atoms with E-state index in [9.17, 15) is 4.39 Å². The van der Waals surface area contributed by atoms with Crippen LogP contribution in [-0.4, -0.2) is 6.04 Å². The third-order valence-electron chi connectivity index (χ3n) is 3.73. The van der Waals surface area contributed by atoms with E-state index < -0.39 is 0 Å². The number of nitrogen functional groups attached to an aromatic ring is 1. The Morgan fingerprint density at radius 1 is 1.29 bits per heavy atom. The molecule has 3 N–H and O–H groups in total. The Balaban J connectivity index is 1.99. The van der Waals surface area contributed by atoms with Crippen LogP contribution in [0, 0.1) is 11.7 Å². The Kier molecular flexibility index (Phi) is 3.87. The molecule has 1 aliphatic carbocycles. The van der Waals surface area contributed by atoms with Gasteiger partial charge >= 0.3 is 0 Å². The number of rotatable bonds is 3. The first-order valence-corrected chi connectivity index (χ1v) is 6.48. The lowest BCUT2D eigenvalue weighted by molar-refractivity contribution is 0.328. The van der Waals surface area contributed by atoms with Crippen LogP contribution in [0.15, 0.2) is 18.2 Å². The van der Waals surface area contributed by atoms with Crippen molar-refractivity contribution in [3.05, 3.63) is 24.0 Å². The van der Waals surface area contributed by atoms with Crippen molar-refractivity contribution in [3.8, 4) is 0 Å². The van der Waals surface area contributed by atoms with Gasteiger partial charge in [-0.1, -0.05) is 19.3 Å². The number of nitrogens with two attached hydrogens (primary N) is 1. The van der Waals surface area contributed by atoms with Crippen molar-refractivity contribution in [3.63, 3.8) is 0 Å². The first kappa shape index (κ1) is 12.2. The predicted molar refractivity (Wildman–Crippen MR) is 70.5 cm³/mol. The zero-order valence-corrected chi connectivity index (χ0v) is 10.4. The van der Waals surface area contributed by atoms with Crippen molar-refractivity contribution in [2.24, 2.45) is 5.92 Å². The van der Waals surface area contributed by atoms with Gasteiger partial charge in [0.25, 0.3) is 0 Å². The third-order valence-corrected chi connectivity index (χ3v) is 3.73. The van der Waals surface area contributed by atoms with E-state index in [4.69, 9.17) is 5.73 Å². The highest BCUT2D eigenvalue weighted by Gasteiger charge is 2.20. The lowest BCUT2D eigenvalue weighted by Gasteiger charge is -2.29. The molecule has 94 valence electrons. The highest BCUT2D eigenvalue weighted by molar-refractivity contribution is 5.53. The number of nitrogens with one attached hydrogen (secondary N) is 1. The Morgan fingerprint density at radius 3 is 2.65 bits per heavy atom. The second kappa shape index (κ2) is 5.39. The van der Waals surface area contributed by atoms with Crippen molar-refractivity contribution < 1.29 is 4.39 Å². The number of anilines is 2. The van der Waals surface area contributed by atoms with E-state index >= 15 is 0 Å². The van der Waals surface area contributed by atoms with Gasteiger partial charge in [-0.25, -0.2) is 4.39 Å². The second-order valence-corrected chi connectivity index (χ2v) is 5.07. The first-order valence-electron chi connectivity index (χ1n) is 6.48. The largest absolute Gasteiger partial charge is 0.399 e. The molecule has 0 bridgehead atoms. The van der Waals surface area contributed by atoms with Crippen molar-refractivity contribution in [1.29, 1.82) is 0 Å². The molecule has 0 aliphatic heterocycles. The zero-order chi connectivity index (χ0) is 12.3. The maximum Gasteiger partial charge on any atom is 0.148 e. The Labute approximate surface area is 102 Å². The Morgan fingerprint density at radius 2 is 2.00 bits per heavy atom. The topological polar surface area (TPSA) is 38.0 Å². The highest BCUT2D eigenvalue weighted by Crippen LogP contribution is 2.28. The molecule has 0 saturated heterocycles. The second-order valence-electron chi connectivity index (χ2n) is 5.07. The van der Waals surface area contributed by atoms with E-state index in [1.165, 1.54) is 38.2 Å². The average molecular weight is 236 g/mol. The van der Waals surface area contributed by atoms with E-state index in [0.717, 1.165) is 0 Å². The molecule has 0 radical (unpaired) electrons. The van der Waals surface area contributed by atoms with E-state index in [2.05, 4.69) is 12.2 Å². The molecule has 0 heterocycles. The van der Waals surface area contributed by atoms with E-state index in [1.54, 1.807) is 12.1 Å². The number of halogens is 1. The van der Waals surface area contributed by atoms with Gasteiger partial charge in [0.05, 0.1) is 5.69 Å². The fourth-order valence-corrected chi connectivity index (χ4v) is 2.65. The summed E-state index contributed by atoms with van der Waals surface area (Å²) in [7, 11) is 0. The van der Waals surface area contributed by atoms with Crippen molar-refractivity contribution in [2.75, 3.05) is 11.1 Å². The zero-order valence-electron chi connectivity index (χ0n) is 10.4. The maximum absolute atomic E-state index is 13.6. The molecule has 2 nitrogen and oxygen atoms in total. The van der Waals surface area contributed by atoms with Gasteiger partial charge in [0, 0.05) is 11.7 Å². The molecule has 3 heteroatoms. The molecule has 1 atom stereocenters. The van der Waals surface area contributed by atoms with Gasteiger partial charge in [0.15, 0.2) is 0 Å². The van der Waals surface area contributed by atoms with Gasteiger partial charge < -0.3 is 11.1 Å². The van der Waals surface area contributed by atoms with E-state index in [1.807, 2.05) is 0 Å². The predicted octanol–water partition coefficient (Wildman–Crippen LogP) is 3.79. The summed E-state index contributed by atoms with van der Waals surface area (Å²) < 4.78 is 13.6. The minimum atomic E-state index is -0.257. The summed E-state index contributed by atoms with van der Waals surface area (Å²) in [5.74, 6) is 0.411. The summed E-state index contributed by atoms with van der Waals surface area (Å²) in [4.78, 5) is 0. The molecule has 0 aromatic heterocycles. The molecule has 1 saturated carbocycles. The molecule has 0 amide bonds. The van der Waals surface area contributed by atoms with Crippen molar-refractivity contribution in [1.82, 2.24) is 0 Å². The van der Waals surface area contributed by atoms with E-state index in [-0.39, 0.29) is 5.82 Å². The average Bonchev–Trinajstić information content (AvgIpc) is 2.34. The monoisotopic (exact) mass is 236 g/mol. The van der Waals surface area contributed by atoms with Crippen LogP contribution in [0.5, 0.6) is 0 Å². The summed E-state index contributed by atoms with van der Waals surface area (Å²) in [6.45, 7) is 2.14. The molecule has 1 aliphatic rings. The quantitative estimate of drug-likeness (QED) is 0.784. The summed E-state index contributed by atoms with van der Waals surface area (Å²) in [6, 6.07) is 5.16. The summed E-state index contributed by atoms with van der Waals surface area (Å²) in [5.41, 5.74) is 6.57. The molecule has 17 heavy (non-hydrogen) atoms. The number of hydrogen-bond donors (Lipinski definition) is 2. The molecule has 1 aromatic carbocycles.